The summed E-state index contributed by atoms with van der Waals surface area (Å²) in [7, 11) is -3.24. The van der Waals surface area contributed by atoms with Crippen LogP contribution >= 0.6 is 0 Å². The summed E-state index contributed by atoms with van der Waals surface area (Å²) in [4.78, 5) is 0. The molecule has 0 spiro atoms. The molecule has 0 radical (unpaired) electrons. The highest BCUT2D eigenvalue weighted by Gasteiger charge is 2.24. The fraction of sp³-hybridized carbons (Fsp3) is 1.00. The third-order valence-electron chi connectivity index (χ3n) is 2.41. The number of ether oxygens (including phenoxy) is 1. The minimum absolute atomic E-state index is 0.0164. The quantitative estimate of drug-likeness (QED) is 0.667. The molecule has 84 valence electrons. The van der Waals surface area contributed by atoms with Gasteiger partial charge in [0.1, 0.15) is 0 Å². The monoisotopic (exact) mass is 222 g/mol. The molecule has 1 atom stereocenters. The summed E-state index contributed by atoms with van der Waals surface area (Å²) in [5.74, 6) is 0. The average Bonchev–Trinajstić information content (AvgIpc) is 2.17. The Balaban J connectivity index is 2.49. The van der Waals surface area contributed by atoms with Gasteiger partial charge in [0.25, 0.3) is 0 Å². The molecule has 1 aliphatic heterocycles. The standard InChI is InChI=1S/C8H18N2O3S/c1-7(6-9)14(11,12)10-8-2-4-13-5-3-8/h7-8,10H,2-6,9H2,1H3. The van der Waals surface area contributed by atoms with Crippen molar-refractivity contribution in [3.63, 3.8) is 0 Å². The fourth-order valence-corrected chi connectivity index (χ4v) is 2.48. The lowest BCUT2D eigenvalue weighted by Crippen LogP contribution is -2.44. The van der Waals surface area contributed by atoms with Crippen molar-refractivity contribution in [2.24, 2.45) is 5.73 Å². The minimum Gasteiger partial charge on any atom is -0.381 e. The second kappa shape index (κ2) is 5.06. The van der Waals surface area contributed by atoms with Crippen LogP contribution in [0.4, 0.5) is 0 Å². The number of nitrogens with two attached hydrogens (primary N) is 1. The Bertz CT molecular complexity index is 260. The maximum atomic E-state index is 11.6. The van der Waals surface area contributed by atoms with E-state index in [-0.39, 0.29) is 12.6 Å². The van der Waals surface area contributed by atoms with E-state index < -0.39 is 15.3 Å². The molecule has 5 nitrogen and oxygen atoms in total. The Hall–Kier alpha value is -0.170. The minimum atomic E-state index is -3.24. The summed E-state index contributed by atoms with van der Waals surface area (Å²) in [6.07, 6.45) is 1.49. The van der Waals surface area contributed by atoms with E-state index in [0.717, 1.165) is 12.8 Å². The van der Waals surface area contributed by atoms with Crippen molar-refractivity contribution in [3.05, 3.63) is 0 Å². The molecule has 0 saturated carbocycles. The zero-order valence-electron chi connectivity index (χ0n) is 8.40. The van der Waals surface area contributed by atoms with Gasteiger partial charge in [-0.15, -0.1) is 0 Å². The molecule has 1 aliphatic rings. The number of rotatable bonds is 4. The predicted octanol–water partition coefficient (Wildman–Crippen LogP) is -0.568. The van der Waals surface area contributed by atoms with Crippen LogP contribution in [0, 0.1) is 0 Å². The maximum Gasteiger partial charge on any atom is 0.215 e. The van der Waals surface area contributed by atoms with Crippen molar-refractivity contribution in [1.82, 2.24) is 4.72 Å². The van der Waals surface area contributed by atoms with Crippen molar-refractivity contribution >= 4 is 10.0 Å². The van der Waals surface area contributed by atoms with Gasteiger partial charge in [0.05, 0.1) is 5.25 Å². The highest BCUT2D eigenvalue weighted by atomic mass is 32.2. The van der Waals surface area contributed by atoms with E-state index >= 15 is 0 Å². The van der Waals surface area contributed by atoms with Gasteiger partial charge < -0.3 is 10.5 Å². The second-order valence-corrected chi connectivity index (χ2v) is 5.73. The van der Waals surface area contributed by atoms with E-state index in [9.17, 15) is 8.42 Å². The molecule has 0 aromatic carbocycles. The first-order valence-electron chi connectivity index (χ1n) is 4.85. The molecule has 3 N–H and O–H groups in total. The van der Waals surface area contributed by atoms with E-state index in [1.165, 1.54) is 0 Å². The summed E-state index contributed by atoms with van der Waals surface area (Å²) < 4.78 is 31.0. The van der Waals surface area contributed by atoms with Crippen LogP contribution in [0.5, 0.6) is 0 Å². The molecule has 1 heterocycles. The first-order chi connectivity index (χ1) is 6.56. The van der Waals surface area contributed by atoms with Gasteiger partial charge in [-0.05, 0) is 19.8 Å². The molecule has 1 rings (SSSR count). The topological polar surface area (TPSA) is 81.4 Å². The van der Waals surface area contributed by atoms with Crippen LogP contribution in [0.2, 0.25) is 0 Å². The lowest BCUT2D eigenvalue weighted by molar-refractivity contribution is 0.0831. The summed E-state index contributed by atoms with van der Waals surface area (Å²) >= 11 is 0. The van der Waals surface area contributed by atoms with Crippen LogP contribution in [0.25, 0.3) is 0 Å². The third kappa shape index (κ3) is 3.20. The van der Waals surface area contributed by atoms with Gasteiger partial charge >= 0.3 is 0 Å². The van der Waals surface area contributed by atoms with E-state index in [2.05, 4.69) is 4.72 Å². The highest BCUT2D eigenvalue weighted by Crippen LogP contribution is 2.09. The SMILES string of the molecule is CC(CN)S(=O)(=O)NC1CCOCC1. The van der Waals surface area contributed by atoms with Crippen molar-refractivity contribution in [2.75, 3.05) is 19.8 Å². The van der Waals surface area contributed by atoms with Crippen LogP contribution in [0.1, 0.15) is 19.8 Å². The van der Waals surface area contributed by atoms with Crippen LogP contribution < -0.4 is 10.5 Å². The molecule has 0 amide bonds. The molecule has 1 unspecified atom stereocenters. The molecular weight excluding hydrogens is 204 g/mol. The van der Waals surface area contributed by atoms with Crippen molar-refractivity contribution in [3.8, 4) is 0 Å². The zero-order valence-corrected chi connectivity index (χ0v) is 9.22. The second-order valence-electron chi connectivity index (χ2n) is 3.60. The molecule has 1 saturated heterocycles. The zero-order chi connectivity index (χ0) is 10.6. The van der Waals surface area contributed by atoms with E-state index in [1.807, 2.05) is 0 Å². The first kappa shape index (κ1) is 11.9. The molecule has 14 heavy (non-hydrogen) atoms. The smallest absolute Gasteiger partial charge is 0.215 e. The van der Waals surface area contributed by atoms with Crippen LogP contribution in [-0.2, 0) is 14.8 Å². The van der Waals surface area contributed by atoms with Crippen LogP contribution in [0.15, 0.2) is 0 Å². The van der Waals surface area contributed by atoms with Gasteiger partial charge in [0.2, 0.25) is 10.0 Å². The number of hydrogen-bond donors (Lipinski definition) is 2. The highest BCUT2D eigenvalue weighted by molar-refractivity contribution is 7.90. The van der Waals surface area contributed by atoms with Gasteiger partial charge in [-0.3, -0.25) is 0 Å². The van der Waals surface area contributed by atoms with Gasteiger partial charge in [-0.1, -0.05) is 0 Å². The van der Waals surface area contributed by atoms with Gasteiger partial charge in [0, 0.05) is 25.8 Å². The third-order valence-corrected chi connectivity index (χ3v) is 4.33. The van der Waals surface area contributed by atoms with Crippen molar-refractivity contribution in [2.45, 2.75) is 31.1 Å². The summed E-state index contributed by atoms with van der Waals surface area (Å²) in [5, 5.41) is -0.523. The molecule has 1 fully saturated rings. The lowest BCUT2D eigenvalue weighted by atomic mass is 10.1. The molecule has 0 aliphatic carbocycles. The Kier molecular flexibility index (Phi) is 4.31. The Morgan fingerprint density at radius 3 is 2.57 bits per heavy atom. The molecule has 0 aromatic heterocycles. The van der Waals surface area contributed by atoms with E-state index in [4.69, 9.17) is 10.5 Å². The molecule has 0 bridgehead atoms. The Morgan fingerprint density at radius 2 is 2.07 bits per heavy atom. The van der Waals surface area contributed by atoms with E-state index in [0.29, 0.717) is 13.2 Å². The normalized spacial score (nSPS) is 22.1. The number of nitrogens with one attached hydrogen (secondary N) is 1. The summed E-state index contributed by atoms with van der Waals surface area (Å²) in [5.41, 5.74) is 5.32. The Morgan fingerprint density at radius 1 is 1.50 bits per heavy atom. The van der Waals surface area contributed by atoms with Crippen LogP contribution in [-0.4, -0.2) is 39.5 Å². The maximum absolute atomic E-state index is 11.6. The van der Waals surface area contributed by atoms with Crippen molar-refractivity contribution in [1.29, 1.82) is 0 Å². The van der Waals surface area contributed by atoms with Crippen LogP contribution in [0.3, 0.4) is 0 Å². The van der Waals surface area contributed by atoms with Gasteiger partial charge in [-0.2, -0.15) is 0 Å². The summed E-state index contributed by atoms with van der Waals surface area (Å²) in [6, 6.07) is 0.0164. The molecular formula is C8H18N2O3S. The molecule has 0 aromatic rings. The van der Waals surface area contributed by atoms with Gasteiger partial charge in [0.15, 0.2) is 0 Å². The largest absolute Gasteiger partial charge is 0.381 e. The number of sulfonamides is 1. The fourth-order valence-electron chi connectivity index (χ4n) is 1.29. The van der Waals surface area contributed by atoms with Gasteiger partial charge in [-0.25, -0.2) is 13.1 Å². The summed E-state index contributed by atoms with van der Waals surface area (Å²) in [6.45, 7) is 3.02. The lowest BCUT2D eigenvalue weighted by Gasteiger charge is -2.24. The number of hydrogen-bond acceptors (Lipinski definition) is 4. The average molecular weight is 222 g/mol. The van der Waals surface area contributed by atoms with E-state index in [1.54, 1.807) is 6.92 Å². The first-order valence-corrected chi connectivity index (χ1v) is 6.40. The van der Waals surface area contributed by atoms with Crippen molar-refractivity contribution < 1.29 is 13.2 Å². The Labute approximate surface area is 85.1 Å². The molecule has 6 heteroatoms. The predicted molar refractivity (Wildman–Crippen MR) is 54.4 cm³/mol.